The number of nitrogens with zero attached hydrogens (tertiary/aromatic N) is 2. The van der Waals surface area contributed by atoms with E-state index in [4.69, 9.17) is 17.6 Å². The zero-order chi connectivity index (χ0) is 17.5. The van der Waals surface area contributed by atoms with E-state index in [0.29, 0.717) is 5.69 Å². The summed E-state index contributed by atoms with van der Waals surface area (Å²) in [6, 6.07) is -0.924. The van der Waals surface area contributed by atoms with E-state index < -0.39 is 17.9 Å². The second kappa shape index (κ2) is 7.61. The van der Waals surface area contributed by atoms with Gasteiger partial charge in [-0.25, -0.2) is 9.78 Å². The Morgan fingerprint density at radius 2 is 1.92 bits per heavy atom. The molecule has 0 spiro atoms. The fourth-order valence-electron chi connectivity index (χ4n) is 2.11. The Morgan fingerprint density at radius 1 is 1.25 bits per heavy atom. The molecule has 7 heteroatoms. The van der Waals surface area contributed by atoms with E-state index in [2.05, 4.69) is 32.1 Å². The van der Waals surface area contributed by atoms with Crippen LogP contribution in [0.4, 0.5) is 0 Å². The van der Waals surface area contributed by atoms with Gasteiger partial charge in [0.05, 0.1) is 30.1 Å². The van der Waals surface area contributed by atoms with Crippen LogP contribution in [0.2, 0.25) is 0 Å². The molecular weight excluding hydrogens is 308 g/mol. The third-order valence-corrected chi connectivity index (χ3v) is 3.25. The van der Waals surface area contributed by atoms with Crippen LogP contribution >= 0.6 is 0 Å². The van der Waals surface area contributed by atoms with Crippen LogP contribution in [0.1, 0.15) is 27.2 Å². The van der Waals surface area contributed by atoms with Gasteiger partial charge in [-0.15, -0.1) is 12.8 Å². The first-order valence-corrected chi connectivity index (χ1v) is 6.87. The molecule has 120 valence electrons. The Balaban J connectivity index is 2.30. The van der Waals surface area contributed by atoms with E-state index >= 15 is 0 Å². The average Bonchev–Trinajstić information content (AvgIpc) is 3.12. The van der Waals surface area contributed by atoms with Crippen molar-refractivity contribution in [3.8, 4) is 24.7 Å². The summed E-state index contributed by atoms with van der Waals surface area (Å²) in [6.45, 7) is 0. The van der Waals surface area contributed by atoms with E-state index in [-0.39, 0.29) is 23.1 Å². The number of carbonyl (C=O) groups is 2. The zero-order valence-electron chi connectivity index (χ0n) is 12.9. The number of hydrogen-bond donors (Lipinski definition) is 2. The summed E-state index contributed by atoms with van der Waals surface area (Å²) in [6.07, 6.45) is 16.7. The summed E-state index contributed by atoms with van der Waals surface area (Å²) in [5.74, 6) is 3.55. The normalized spacial score (nSPS) is 11.0. The predicted octanol–water partition coefficient (Wildman–Crippen LogP) is 0.281. The van der Waals surface area contributed by atoms with Gasteiger partial charge in [-0.2, -0.15) is 0 Å². The highest BCUT2D eigenvalue weighted by Crippen LogP contribution is 2.13. The second-order valence-electron chi connectivity index (χ2n) is 4.73. The van der Waals surface area contributed by atoms with Crippen molar-refractivity contribution >= 4 is 11.9 Å². The molecule has 2 rings (SSSR count). The number of ether oxygens (including phenoxy) is 1. The molecule has 0 aromatic carbocycles. The van der Waals surface area contributed by atoms with Crippen LogP contribution in [0.25, 0.3) is 0 Å². The Bertz CT molecular complexity index is 796. The predicted molar refractivity (Wildman–Crippen MR) is 85.7 cm³/mol. The van der Waals surface area contributed by atoms with E-state index in [0.717, 1.165) is 0 Å². The number of imidazole rings is 1. The fraction of sp³-hybridized carbons (Fsp3) is 0.176. The summed E-state index contributed by atoms with van der Waals surface area (Å²) >= 11 is 0. The van der Waals surface area contributed by atoms with E-state index in [1.807, 2.05) is 0 Å². The standard InChI is InChI=1S/C17H14N4O3/c1-4-11-7-18-8-12(5-2)15(11)16(22)21-14(17(23)24-3)6-13-9-19-10-20-13/h1-2,7-10,14H,6H2,3H3,(H,19,20)(H,21,22)/t14-/m1/s1. The molecule has 1 atom stereocenters. The minimum absolute atomic E-state index is 0.119. The van der Waals surface area contributed by atoms with Crippen LogP contribution in [0.3, 0.4) is 0 Å². The first-order chi connectivity index (χ1) is 11.6. The molecule has 1 amide bonds. The highest BCUT2D eigenvalue weighted by molar-refractivity contribution is 6.00. The number of terminal acetylenes is 2. The number of rotatable bonds is 5. The number of aromatic nitrogens is 3. The topological polar surface area (TPSA) is 97.0 Å². The highest BCUT2D eigenvalue weighted by Gasteiger charge is 2.25. The average molecular weight is 322 g/mol. The number of hydrogen-bond acceptors (Lipinski definition) is 5. The van der Waals surface area contributed by atoms with Crippen molar-refractivity contribution in [1.29, 1.82) is 0 Å². The maximum atomic E-state index is 12.6. The minimum atomic E-state index is -0.924. The first kappa shape index (κ1) is 16.8. The number of nitrogens with one attached hydrogen (secondary N) is 2. The third-order valence-electron chi connectivity index (χ3n) is 3.25. The Morgan fingerprint density at radius 3 is 2.42 bits per heavy atom. The molecule has 24 heavy (non-hydrogen) atoms. The quantitative estimate of drug-likeness (QED) is 0.609. The lowest BCUT2D eigenvalue weighted by molar-refractivity contribution is -0.142. The molecule has 0 aliphatic heterocycles. The molecule has 2 heterocycles. The summed E-state index contributed by atoms with van der Waals surface area (Å²) in [4.78, 5) is 35.2. The van der Waals surface area contributed by atoms with Gasteiger partial charge >= 0.3 is 5.97 Å². The lowest BCUT2D eigenvalue weighted by Gasteiger charge is -2.17. The van der Waals surface area contributed by atoms with Gasteiger partial charge in [0.1, 0.15) is 6.04 Å². The van der Waals surface area contributed by atoms with Crippen LogP contribution in [0.15, 0.2) is 24.9 Å². The molecule has 0 fully saturated rings. The van der Waals surface area contributed by atoms with Crippen LogP contribution in [-0.2, 0) is 16.0 Å². The monoisotopic (exact) mass is 322 g/mol. The molecule has 0 aliphatic rings. The Labute approximate surface area is 138 Å². The van der Waals surface area contributed by atoms with Gasteiger partial charge in [0.25, 0.3) is 5.91 Å². The summed E-state index contributed by atoms with van der Waals surface area (Å²) in [7, 11) is 1.24. The summed E-state index contributed by atoms with van der Waals surface area (Å²) < 4.78 is 4.73. The number of aromatic amines is 1. The molecule has 0 saturated heterocycles. The molecular formula is C17H14N4O3. The summed E-state index contributed by atoms with van der Waals surface area (Å²) in [5.41, 5.74) is 1.27. The highest BCUT2D eigenvalue weighted by atomic mass is 16.5. The smallest absolute Gasteiger partial charge is 0.328 e. The van der Waals surface area contributed by atoms with Crippen molar-refractivity contribution in [3.05, 3.63) is 47.3 Å². The number of esters is 1. The van der Waals surface area contributed by atoms with Crippen LogP contribution in [0.5, 0.6) is 0 Å². The van der Waals surface area contributed by atoms with Crippen LogP contribution in [0, 0.1) is 24.7 Å². The molecule has 0 radical (unpaired) electrons. The van der Waals surface area contributed by atoms with E-state index in [1.54, 1.807) is 6.20 Å². The van der Waals surface area contributed by atoms with Gasteiger partial charge in [-0.1, -0.05) is 11.8 Å². The number of carbonyl (C=O) groups excluding carboxylic acids is 2. The van der Waals surface area contributed by atoms with Crippen LogP contribution < -0.4 is 5.32 Å². The SMILES string of the molecule is C#Cc1cncc(C#C)c1C(=O)N[C@H](Cc1cnc[nH]1)C(=O)OC. The van der Waals surface area contributed by atoms with Crippen molar-refractivity contribution in [3.63, 3.8) is 0 Å². The molecule has 7 nitrogen and oxygen atoms in total. The van der Waals surface area contributed by atoms with Crippen molar-refractivity contribution in [2.24, 2.45) is 0 Å². The summed E-state index contributed by atoms with van der Waals surface area (Å²) in [5, 5.41) is 2.59. The van der Waals surface area contributed by atoms with Crippen molar-refractivity contribution in [2.45, 2.75) is 12.5 Å². The van der Waals surface area contributed by atoms with E-state index in [1.165, 1.54) is 25.8 Å². The zero-order valence-corrected chi connectivity index (χ0v) is 12.9. The molecule has 2 N–H and O–H groups in total. The maximum absolute atomic E-state index is 12.6. The van der Waals surface area contributed by atoms with Gasteiger partial charge < -0.3 is 15.0 Å². The molecule has 2 aromatic rings. The molecule has 0 unspecified atom stereocenters. The lowest BCUT2D eigenvalue weighted by atomic mass is 10.0. The van der Waals surface area contributed by atoms with Crippen molar-refractivity contribution < 1.29 is 14.3 Å². The third kappa shape index (κ3) is 3.60. The van der Waals surface area contributed by atoms with Gasteiger partial charge in [0.15, 0.2) is 0 Å². The number of H-pyrrole nitrogens is 1. The number of methoxy groups -OCH3 is 1. The minimum Gasteiger partial charge on any atom is -0.467 e. The molecule has 2 aromatic heterocycles. The largest absolute Gasteiger partial charge is 0.467 e. The fourth-order valence-corrected chi connectivity index (χ4v) is 2.11. The number of pyridine rings is 1. The lowest BCUT2D eigenvalue weighted by Crippen LogP contribution is -2.43. The first-order valence-electron chi connectivity index (χ1n) is 6.87. The molecule has 0 bridgehead atoms. The van der Waals surface area contributed by atoms with E-state index in [9.17, 15) is 9.59 Å². The van der Waals surface area contributed by atoms with Gasteiger partial charge in [-0.05, 0) is 0 Å². The van der Waals surface area contributed by atoms with Gasteiger partial charge in [0, 0.05) is 30.7 Å². The van der Waals surface area contributed by atoms with Crippen molar-refractivity contribution in [1.82, 2.24) is 20.3 Å². The maximum Gasteiger partial charge on any atom is 0.328 e. The Hall–Kier alpha value is -3.58. The number of amides is 1. The van der Waals surface area contributed by atoms with Gasteiger partial charge in [0.2, 0.25) is 0 Å². The van der Waals surface area contributed by atoms with Crippen LogP contribution in [-0.4, -0.2) is 40.0 Å². The molecule has 0 aliphatic carbocycles. The molecule has 0 saturated carbocycles. The second-order valence-corrected chi connectivity index (χ2v) is 4.73. The van der Waals surface area contributed by atoms with Crippen molar-refractivity contribution in [2.75, 3.05) is 7.11 Å². The Kier molecular flexibility index (Phi) is 5.32. The van der Waals surface area contributed by atoms with Gasteiger partial charge in [-0.3, -0.25) is 9.78 Å².